The van der Waals surface area contributed by atoms with Gasteiger partial charge in [-0.2, -0.15) is 0 Å². The zero-order chi connectivity index (χ0) is 34.2. The number of thiophene rings is 2. The fraction of sp³-hybridized carbons (Fsp3) is 0.0667. The third-order valence-electron chi connectivity index (χ3n) is 11.1. The lowest BCUT2D eigenvalue weighted by Gasteiger charge is -2.35. The smallest absolute Gasteiger partial charge is 0.270 e. The van der Waals surface area contributed by atoms with Gasteiger partial charge in [-0.3, -0.25) is 10.1 Å². The van der Waals surface area contributed by atoms with Crippen LogP contribution < -0.4 is 0 Å². The van der Waals surface area contributed by atoms with Crippen LogP contribution in [0.15, 0.2) is 133 Å². The van der Waals surface area contributed by atoms with E-state index in [1.165, 1.54) is 68.2 Å². The van der Waals surface area contributed by atoms with Gasteiger partial charge in [-0.15, -0.1) is 22.7 Å². The first-order valence-electron chi connectivity index (χ1n) is 17.1. The molecule has 3 aromatic heterocycles. The summed E-state index contributed by atoms with van der Waals surface area (Å²) in [6, 6.07) is 47.4. The Morgan fingerprint density at radius 2 is 1.18 bits per heavy atom. The van der Waals surface area contributed by atoms with Gasteiger partial charge in [0.25, 0.3) is 5.69 Å². The van der Waals surface area contributed by atoms with E-state index in [9.17, 15) is 10.1 Å². The van der Waals surface area contributed by atoms with Gasteiger partial charge in [-0.25, -0.2) is 0 Å². The van der Waals surface area contributed by atoms with E-state index in [4.69, 9.17) is 0 Å². The molecule has 0 amide bonds. The second-order valence-corrected chi connectivity index (χ2v) is 16.2. The van der Waals surface area contributed by atoms with Crippen molar-refractivity contribution in [2.24, 2.45) is 0 Å². The summed E-state index contributed by atoms with van der Waals surface area (Å²) in [6.45, 7) is 4.66. The molecule has 51 heavy (non-hydrogen) atoms. The number of nitrogens with zero attached hydrogens (tertiary/aromatic N) is 2. The lowest BCUT2D eigenvalue weighted by Crippen LogP contribution is -2.26. The maximum Gasteiger partial charge on any atom is 0.270 e. The van der Waals surface area contributed by atoms with Crippen molar-refractivity contribution in [3.8, 4) is 27.9 Å². The number of rotatable bonds is 3. The maximum atomic E-state index is 12.1. The number of fused-ring (bicyclic) bond motifs is 11. The van der Waals surface area contributed by atoms with Gasteiger partial charge in [0.15, 0.2) is 0 Å². The minimum Gasteiger partial charge on any atom is -0.309 e. The molecule has 0 saturated heterocycles. The summed E-state index contributed by atoms with van der Waals surface area (Å²) in [5, 5.41) is 19.1. The van der Waals surface area contributed by atoms with E-state index in [-0.39, 0.29) is 16.0 Å². The molecule has 6 heteroatoms. The van der Waals surface area contributed by atoms with E-state index >= 15 is 0 Å². The summed E-state index contributed by atoms with van der Waals surface area (Å²) in [5.74, 6) is 0. The van der Waals surface area contributed by atoms with Crippen LogP contribution in [0.25, 0.3) is 90.1 Å². The molecule has 242 valence electrons. The van der Waals surface area contributed by atoms with Crippen LogP contribution in [0.5, 0.6) is 0 Å². The maximum absolute atomic E-state index is 12.1. The summed E-state index contributed by atoms with van der Waals surface area (Å²) in [7, 11) is 0. The quantitative estimate of drug-likeness (QED) is 0.137. The van der Waals surface area contributed by atoms with Gasteiger partial charge in [0.2, 0.25) is 0 Å². The number of nitro benzene ring substituents is 1. The standard InChI is InChI=1S/C45H28N2O2S2/c1-45(2)36-22-25(28-11-7-13-32-30-9-3-5-15-40(30)50-43(28)32)17-19-39(36)46-38-20-18-27(47(48)49)24-34(38)35-21-26(23-37(45)42(35)46)29-12-8-14-33-31-10-4-6-16-41(31)51-44(29)33/h3-24H,1-2H3. The Balaban J connectivity index is 1.21. The Morgan fingerprint density at radius 1 is 0.569 bits per heavy atom. The molecule has 4 heterocycles. The predicted octanol–water partition coefficient (Wildman–Crippen LogP) is 13.4. The van der Waals surface area contributed by atoms with Crippen molar-refractivity contribution in [1.29, 1.82) is 0 Å². The molecule has 0 spiro atoms. The van der Waals surface area contributed by atoms with Crippen molar-refractivity contribution >= 4 is 90.5 Å². The van der Waals surface area contributed by atoms with Crippen molar-refractivity contribution in [2.75, 3.05) is 0 Å². The molecule has 1 aliphatic heterocycles. The molecule has 4 nitrogen and oxygen atoms in total. The van der Waals surface area contributed by atoms with Gasteiger partial charge < -0.3 is 4.57 Å². The van der Waals surface area contributed by atoms with Crippen LogP contribution in [-0.4, -0.2) is 9.49 Å². The summed E-state index contributed by atoms with van der Waals surface area (Å²) in [5.41, 5.74) is 10.2. The highest BCUT2D eigenvalue weighted by molar-refractivity contribution is 7.26. The number of aromatic nitrogens is 1. The number of benzene rings is 7. The van der Waals surface area contributed by atoms with E-state index in [1.807, 2.05) is 28.7 Å². The summed E-state index contributed by atoms with van der Waals surface area (Å²) in [6.07, 6.45) is 0. The van der Waals surface area contributed by atoms with Gasteiger partial charge in [0.05, 0.1) is 21.6 Å². The van der Waals surface area contributed by atoms with E-state index in [0.29, 0.717) is 0 Å². The van der Waals surface area contributed by atoms with Gasteiger partial charge in [-0.05, 0) is 75.8 Å². The number of nitro groups is 1. The normalized spacial score (nSPS) is 13.6. The Bertz CT molecular complexity index is 3160. The molecule has 0 saturated carbocycles. The number of non-ortho nitro benzene ring substituents is 1. The van der Waals surface area contributed by atoms with Gasteiger partial charge in [-0.1, -0.05) is 92.7 Å². The van der Waals surface area contributed by atoms with Crippen LogP contribution >= 0.6 is 22.7 Å². The average molecular weight is 693 g/mol. The molecule has 0 radical (unpaired) electrons. The van der Waals surface area contributed by atoms with E-state index in [2.05, 4.69) is 134 Å². The van der Waals surface area contributed by atoms with Gasteiger partial charge >= 0.3 is 0 Å². The van der Waals surface area contributed by atoms with E-state index in [1.54, 1.807) is 12.1 Å². The molecule has 0 aliphatic carbocycles. The zero-order valence-corrected chi connectivity index (χ0v) is 29.4. The molecular formula is C45H28N2O2S2. The van der Waals surface area contributed by atoms with Crippen LogP contribution in [0, 0.1) is 10.1 Å². The Labute approximate surface area is 300 Å². The first kappa shape index (κ1) is 29.0. The molecule has 10 aromatic rings. The van der Waals surface area contributed by atoms with Crippen LogP contribution in [-0.2, 0) is 5.41 Å². The zero-order valence-electron chi connectivity index (χ0n) is 27.7. The van der Waals surface area contributed by atoms with Crippen LogP contribution in [0.4, 0.5) is 5.69 Å². The second kappa shape index (κ2) is 10.1. The molecule has 7 aromatic carbocycles. The van der Waals surface area contributed by atoms with Crippen molar-refractivity contribution in [3.05, 3.63) is 155 Å². The number of hydrogen-bond donors (Lipinski definition) is 0. The summed E-state index contributed by atoms with van der Waals surface area (Å²) >= 11 is 3.68. The highest BCUT2D eigenvalue weighted by atomic mass is 32.1. The van der Waals surface area contributed by atoms with Crippen molar-refractivity contribution in [1.82, 2.24) is 4.57 Å². The second-order valence-electron chi connectivity index (χ2n) is 14.1. The van der Waals surface area contributed by atoms with E-state index < -0.39 is 0 Å². The minimum atomic E-state index is -0.363. The fourth-order valence-electron chi connectivity index (χ4n) is 8.62. The highest BCUT2D eigenvalue weighted by Crippen LogP contribution is 2.52. The third kappa shape index (κ3) is 3.89. The summed E-state index contributed by atoms with van der Waals surface area (Å²) < 4.78 is 7.46. The predicted molar refractivity (Wildman–Crippen MR) is 216 cm³/mol. The Morgan fingerprint density at radius 3 is 1.84 bits per heavy atom. The van der Waals surface area contributed by atoms with Gasteiger partial charge in [0, 0.05) is 68.7 Å². The lowest BCUT2D eigenvalue weighted by atomic mass is 9.73. The van der Waals surface area contributed by atoms with Crippen molar-refractivity contribution < 1.29 is 4.92 Å². The van der Waals surface area contributed by atoms with Crippen LogP contribution in [0.2, 0.25) is 0 Å². The fourth-order valence-corrected chi connectivity index (χ4v) is 11.1. The van der Waals surface area contributed by atoms with Crippen molar-refractivity contribution in [2.45, 2.75) is 19.3 Å². The van der Waals surface area contributed by atoms with Gasteiger partial charge in [0.1, 0.15) is 0 Å². The average Bonchev–Trinajstić information content (AvgIpc) is 3.83. The molecule has 1 aliphatic rings. The van der Waals surface area contributed by atoms with Crippen LogP contribution in [0.1, 0.15) is 25.0 Å². The molecule has 0 atom stereocenters. The largest absolute Gasteiger partial charge is 0.309 e. The molecular weight excluding hydrogens is 665 g/mol. The Hall–Kier alpha value is -5.82. The molecule has 11 rings (SSSR count). The first-order chi connectivity index (χ1) is 24.9. The first-order valence-corrected chi connectivity index (χ1v) is 18.7. The minimum absolute atomic E-state index is 0.102. The molecule has 0 fully saturated rings. The molecule has 0 unspecified atom stereocenters. The molecule has 0 bridgehead atoms. The van der Waals surface area contributed by atoms with Crippen molar-refractivity contribution in [3.63, 3.8) is 0 Å². The Kier molecular flexibility index (Phi) is 5.75. The van der Waals surface area contributed by atoms with E-state index in [0.717, 1.165) is 33.1 Å². The SMILES string of the molecule is CC1(C)c2cc(-c3cccc4c3sc3ccccc34)ccc2-n2c3ccc([N+](=O)[O-])cc3c3cc(-c4cccc5c4sc4ccccc45)cc1c32. The lowest BCUT2D eigenvalue weighted by molar-refractivity contribution is -0.384. The van der Waals surface area contributed by atoms with Crippen LogP contribution in [0.3, 0.4) is 0 Å². The number of hydrogen-bond acceptors (Lipinski definition) is 4. The third-order valence-corrected chi connectivity index (χ3v) is 13.5. The topological polar surface area (TPSA) is 48.1 Å². The monoisotopic (exact) mass is 692 g/mol. The molecule has 0 N–H and O–H groups in total. The highest BCUT2D eigenvalue weighted by Gasteiger charge is 2.36. The summed E-state index contributed by atoms with van der Waals surface area (Å²) in [4.78, 5) is 11.8.